The molecular formula is C27H44ClN3OS. The Bertz CT molecular complexity index is 715. The van der Waals surface area contributed by atoms with Gasteiger partial charge in [-0.3, -0.25) is 9.69 Å². The Morgan fingerprint density at radius 1 is 1.18 bits per heavy atom. The number of carbonyl (C=O) groups is 1. The summed E-state index contributed by atoms with van der Waals surface area (Å²) >= 11 is 7.70. The van der Waals surface area contributed by atoms with Crippen LogP contribution in [0.1, 0.15) is 84.5 Å². The molecule has 1 heterocycles. The highest BCUT2D eigenvalue weighted by Crippen LogP contribution is 2.32. The summed E-state index contributed by atoms with van der Waals surface area (Å²) in [4.78, 5) is 17.1. The lowest BCUT2D eigenvalue weighted by Crippen LogP contribution is -2.39. The molecule has 1 unspecified atom stereocenters. The van der Waals surface area contributed by atoms with Gasteiger partial charge in [-0.15, -0.1) is 0 Å². The minimum atomic E-state index is 0.121. The van der Waals surface area contributed by atoms with Crippen molar-refractivity contribution < 1.29 is 4.79 Å². The van der Waals surface area contributed by atoms with Crippen molar-refractivity contribution in [3.63, 3.8) is 0 Å². The minimum absolute atomic E-state index is 0.121. The number of nitrogens with zero attached hydrogens (tertiary/aromatic N) is 1. The average Bonchev–Trinajstić information content (AvgIpc) is 3.34. The number of hydrogen-bond acceptors (Lipinski definition) is 4. The second-order valence-electron chi connectivity index (χ2n) is 9.42. The molecule has 1 atom stereocenters. The van der Waals surface area contributed by atoms with Crippen LogP contribution >= 0.6 is 23.4 Å². The van der Waals surface area contributed by atoms with Crippen LogP contribution in [-0.4, -0.2) is 36.5 Å². The molecule has 0 aromatic heterocycles. The van der Waals surface area contributed by atoms with Crippen molar-refractivity contribution in [3.05, 3.63) is 45.3 Å². The maximum atomic E-state index is 12.8. The highest BCUT2D eigenvalue weighted by molar-refractivity contribution is 8.06. The van der Waals surface area contributed by atoms with E-state index in [4.69, 9.17) is 17.3 Å². The molecule has 33 heavy (non-hydrogen) atoms. The van der Waals surface area contributed by atoms with Crippen molar-refractivity contribution in [2.75, 3.05) is 19.6 Å². The van der Waals surface area contributed by atoms with Gasteiger partial charge >= 0.3 is 0 Å². The van der Waals surface area contributed by atoms with Gasteiger partial charge < -0.3 is 11.1 Å². The third-order valence-electron chi connectivity index (χ3n) is 6.58. The Labute approximate surface area is 211 Å². The maximum absolute atomic E-state index is 12.8. The van der Waals surface area contributed by atoms with Gasteiger partial charge in [0, 0.05) is 34.6 Å². The SMILES string of the molecule is C=C(CCC(=O)NC(C/C=C/CN1CCCCC1)C1CCCC1)SC(/C=C(/Cl)CC)=C(/C)N. The summed E-state index contributed by atoms with van der Waals surface area (Å²) in [5.41, 5.74) is 6.73. The van der Waals surface area contributed by atoms with Gasteiger partial charge in [-0.1, -0.05) is 68.3 Å². The highest BCUT2D eigenvalue weighted by atomic mass is 35.5. The molecule has 1 amide bonds. The van der Waals surface area contributed by atoms with E-state index in [1.165, 1.54) is 69.8 Å². The smallest absolute Gasteiger partial charge is 0.220 e. The van der Waals surface area contributed by atoms with Gasteiger partial charge in [-0.05, 0) is 81.9 Å². The number of nitrogens with one attached hydrogen (secondary N) is 1. The summed E-state index contributed by atoms with van der Waals surface area (Å²) < 4.78 is 0. The Morgan fingerprint density at radius 3 is 2.52 bits per heavy atom. The zero-order valence-corrected chi connectivity index (χ0v) is 22.3. The van der Waals surface area contributed by atoms with Gasteiger partial charge in [0.15, 0.2) is 0 Å². The van der Waals surface area contributed by atoms with Crippen molar-refractivity contribution in [3.8, 4) is 0 Å². The van der Waals surface area contributed by atoms with E-state index < -0.39 is 0 Å². The predicted octanol–water partition coefficient (Wildman–Crippen LogP) is 6.84. The molecule has 3 N–H and O–H groups in total. The van der Waals surface area contributed by atoms with Gasteiger partial charge in [0.25, 0.3) is 0 Å². The topological polar surface area (TPSA) is 58.4 Å². The second-order valence-corrected chi connectivity index (χ2v) is 11.1. The number of carbonyl (C=O) groups excluding carboxylic acids is 1. The molecule has 1 aliphatic heterocycles. The van der Waals surface area contributed by atoms with E-state index in [0.29, 0.717) is 18.8 Å². The highest BCUT2D eigenvalue weighted by Gasteiger charge is 2.25. The third kappa shape index (κ3) is 11.2. The summed E-state index contributed by atoms with van der Waals surface area (Å²) in [6.45, 7) is 11.5. The molecule has 1 saturated heterocycles. The van der Waals surface area contributed by atoms with E-state index >= 15 is 0 Å². The number of thioether (sulfide) groups is 1. The maximum Gasteiger partial charge on any atom is 0.220 e. The van der Waals surface area contributed by atoms with Crippen LogP contribution in [0.4, 0.5) is 0 Å². The van der Waals surface area contributed by atoms with Crippen molar-refractivity contribution in [2.45, 2.75) is 90.5 Å². The molecule has 0 aromatic rings. The van der Waals surface area contributed by atoms with E-state index in [9.17, 15) is 4.79 Å². The van der Waals surface area contributed by atoms with Crippen LogP contribution in [0, 0.1) is 5.92 Å². The largest absolute Gasteiger partial charge is 0.401 e. The van der Waals surface area contributed by atoms with Crippen LogP contribution in [0.2, 0.25) is 0 Å². The van der Waals surface area contributed by atoms with E-state index in [-0.39, 0.29) is 11.9 Å². The van der Waals surface area contributed by atoms with Crippen LogP contribution in [0.25, 0.3) is 0 Å². The lowest BCUT2D eigenvalue weighted by molar-refractivity contribution is -0.122. The number of halogens is 1. The first-order valence-corrected chi connectivity index (χ1v) is 13.9. The minimum Gasteiger partial charge on any atom is -0.401 e. The number of likely N-dealkylation sites (tertiary alicyclic amines) is 1. The molecule has 0 aromatic carbocycles. The molecule has 0 radical (unpaired) electrons. The zero-order chi connectivity index (χ0) is 24.1. The Morgan fingerprint density at radius 2 is 1.88 bits per heavy atom. The van der Waals surface area contributed by atoms with E-state index in [0.717, 1.165) is 39.9 Å². The van der Waals surface area contributed by atoms with E-state index in [2.05, 4.69) is 28.9 Å². The third-order valence-corrected chi connectivity index (χ3v) is 8.11. The molecule has 2 aliphatic rings. The average molecular weight is 494 g/mol. The summed E-state index contributed by atoms with van der Waals surface area (Å²) in [7, 11) is 0. The van der Waals surface area contributed by atoms with E-state index in [1.54, 1.807) is 0 Å². The molecule has 6 heteroatoms. The molecule has 0 spiro atoms. The molecule has 1 saturated carbocycles. The Hall–Kier alpha value is -1.17. The number of piperidine rings is 1. The van der Waals surface area contributed by atoms with Crippen LogP contribution in [0.15, 0.2) is 45.3 Å². The number of hydrogen-bond donors (Lipinski definition) is 2. The summed E-state index contributed by atoms with van der Waals surface area (Å²) in [6, 6.07) is 0.242. The first-order chi connectivity index (χ1) is 15.9. The normalized spacial score (nSPS) is 20.2. The molecule has 4 nitrogen and oxygen atoms in total. The fourth-order valence-corrected chi connectivity index (χ4v) is 5.60. The summed E-state index contributed by atoms with van der Waals surface area (Å²) in [6.07, 6.45) is 18.3. The lowest BCUT2D eigenvalue weighted by Gasteiger charge is -2.25. The first-order valence-electron chi connectivity index (χ1n) is 12.7. The zero-order valence-electron chi connectivity index (χ0n) is 20.7. The molecule has 2 rings (SSSR count). The molecule has 2 fully saturated rings. The Kier molecular flexibility index (Phi) is 13.3. The predicted molar refractivity (Wildman–Crippen MR) is 145 cm³/mol. The molecule has 186 valence electrons. The molecular weight excluding hydrogens is 450 g/mol. The molecule has 1 aliphatic carbocycles. The van der Waals surface area contributed by atoms with Gasteiger partial charge in [0.1, 0.15) is 0 Å². The number of rotatable bonds is 13. The van der Waals surface area contributed by atoms with Crippen LogP contribution in [0.3, 0.4) is 0 Å². The second kappa shape index (κ2) is 15.7. The molecule has 0 bridgehead atoms. The quantitative estimate of drug-likeness (QED) is 0.218. The first kappa shape index (κ1) is 28.1. The fourth-order valence-electron chi connectivity index (χ4n) is 4.54. The number of nitrogens with two attached hydrogens (primary N) is 1. The van der Waals surface area contributed by atoms with Crippen molar-refractivity contribution >= 4 is 29.3 Å². The van der Waals surface area contributed by atoms with Crippen molar-refractivity contribution in [1.82, 2.24) is 10.2 Å². The van der Waals surface area contributed by atoms with Crippen LogP contribution in [0.5, 0.6) is 0 Å². The fraction of sp³-hybridized carbons (Fsp3) is 0.667. The summed E-state index contributed by atoms with van der Waals surface area (Å²) in [5.74, 6) is 0.720. The standard InChI is InChI=1S/C27H44ClN3OS/c1-4-24(28)20-26(22(3)29)33-21(2)15-16-27(32)30-25(23-12-6-7-13-23)14-8-11-19-31-17-9-5-10-18-31/h8,11,20,23,25H,2,4-7,9-10,12-19,29H2,1,3H3,(H,30,32)/b11-8+,24-20+,26-22-. The lowest BCUT2D eigenvalue weighted by atomic mass is 9.95. The number of allylic oxidation sites excluding steroid dienone is 4. The van der Waals surface area contributed by atoms with Crippen LogP contribution in [-0.2, 0) is 4.79 Å². The van der Waals surface area contributed by atoms with Crippen LogP contribution < -0.4 is 11.1 Å². The van der Waals surface area contributed by atoms with E-state index in [1.807, 2.05) is 19.9 Å². The van der Waals surface area contributed by atoms with Gasteiger partial charge in [-0.2, -0.15) is 0 Å². The van der Waals surface area contributed by atoms with Gasteiger partial charge in [0.05, 0.1) is 0 Å². The number of amides is 1. The van der Waals surface area contributed by atoms with Gasteiger partial charge in [-0.25, -0.2) is 0 Å². The van der Waals surface area contributed by atoms with Gasteiger partial charge in [0.2, 0.25) is 5.91 Å². The Balaban J connectivity index is 1.81. The monoisotopic (exact) mass is 493 g/mol. The van der Waals surface area contributed by atoms with Crippen molar-refractivity contribution in [1.29, 1.82) is 0 Å². The van der Waals surface area contributed by atoms with Crippen molar-refractivity contribution in [2.24, 2.45) is 11.7 Å². The summed E-state index contributed by atoms with van der Waals surface area (Å²) in [5, 5.41) is 4.11.